The van der Waals surface area contributed by atoms with Crippen LogP contribution in [0.2, 0.25) is 0 Å². The van der Waals surface area contributed by atoms with Crippen molar-refractivity contribution in [2.75, 3.05) is 19.5 Å². The molecule has 1 aromatic carbocycles. The molecule has 0 unspecified atom stereocenters. The van der Waals surface area contributed by atoms with Crippen molar-refractivity contribution in [1.82, 2.24) is 9.78 Å². The van der Waals surface area contributed by atoms with Gasteiger partial charge in [0.25, 0.3) is 5.56 Å². The van der Waals surface area contributed by atoms with E-state index in [1.807, 2.05) is 0 Å². The molecule has 6 heteroatoms. The van der Waals surface area contributed by atoms with Crippen LogP contribution < -0.4 is 20.8 Å². The Morgan fingerprint density at radius 1 is 1.21 bits per heavy atom. The maximum absolute atomic E-state index is 11.5. The molecule has 1 aromatic heterocycles. The number of hydrogen-bond acceptors (Lipinski definition) is 5. The van der Waals surface area contributed by atoms with Gasteiger partial charge in [0.2, 0.25) is 5.88 Å². The van der Waals surface area contributed by atoms with Crippen molar-refractivity contribution in [3.8, 4) is 11.6 Å². The lowest BCUT2D eigenvalue weighted by Gasteiger charge is -2.08. The van der Waals surface area contributed by atoms with E-state index in [1.54, 1.807) is 24.3 Å². The highest BCUT2D eigenvalue weighted by Gasteiger charge is 2.01. The van der Waals surface area contributed by atoms with Gasteiger partial charge in [-0.1, -0.05) is 0 Å². The number of anilines is 1. The number of methoxy groups -OCH3 is 1. The zero-order chi connectivity index (χ0) is 13.7. The number of benzene rings is 1. The maximum atomic E-state index is 11.5. The first-order valence-corrected chi connectivity index (χ1v) is 5.79. The Morgan fingerprint density at radius 2 is 1.95 bits per heavy atom. The SMILES string of the molecule is COc1ccc(=O)n(CCOc2ccc(N)cc2)n1. The van der Waals surface area contributed by atoms with Crippen molar-refractivity contribution in [2.45, 2.75) is 6.54 Å². The number of nitrogen functional groups attached to an aromatic ring is 1. The number of hydrogen-bond donors (Lipinski definition) is 1. The lowest BCUT2D eigenvalue weighted by molar-refractivity contribution is 0.282. The molecule has 2 N–H and O–H groups in total. The summed E-state index contributed by atoms with van der Waals surface area (Å²) < 4.78 is 11.8. The fourth-order valence-corrected chi connectivity index (χ4v) is 1.51. The second kappa shape index (κ2) is 5.90. The Kier molecular flexibility index (Phi) is 4.02. The highest BCUT2D eigenvalue weighted by Crippen LogP contribution is 2.12. The first kappa shape index (κ1) is 12.9. The Bertz CT molecular complexity index is 593. The van der Waals surface area contributed by atoms with E-state index in [1.165, 1.54) is 23.9 Å². The summed E-state index contributed by atoms with van der Waals surface area (Å²) in [6.07, 6.45) is 0. The van der Waals surface area contributed by atoms with E-state index in [2.05, 4.69) is 5.10 Å². The third-order valence-electron chi connectivity index (χ3n) is 2.50. The highest BCUT2D eigenvalue weighted by atomic mass is 16.5. The number of nitrogens with two attached hydrogens (primary N) is 1. The van der Waals surface area contributed by atoms with Crippen LogP contribution in [0.4, 0.5) is 5.69 Å². The van der Waals surface area contributed by atoms with Crippen molar-refractivity contribution in [3.05, 3.63) is 46.8 Å². The summed E-state index contributed by atoms with van der Waals surface area (Å²) >= 11 is 0. The van der Waals surface area contributed by atoms with E-state index in [0.29, 0.717) is 30.5 Å². The van der Waals surface area contributed by atoms with Crippen molar-refractivity contribution in [3.63, 3.8) is 0 Å². The first-order valence-electron chi connectivity index (χ1n) is 5.79. The topological polar surface area (TPSA) is 79.4 Å². The molecule has 1 heterocycles. The van der Waals surface area contributed by atoms with Crippen molar-refractivity contribution in [1.29, 1.82) is 0 Å². The van der Waals surface area contributed by atoms with Crippen LogP contribution in [0.15, 0.2) is 41.2 Å². The molecule has 100 valence electrons. The molecule has 2 rings (SSSR count). The average molecular weight is 261 g/mol. The molecule has 0 bridgehead atoms. The van der Waals surface area contributed by atoms with E-state index >= 15 is 0 Å². The molecule has 0 aliphatic carbocycles. The van der Waals surface area contributed by atoms with Gasteiger partial charge in [0, 0.05) is 17.8 Å². The average Bonchev–Trinajstić information content (AvgIpc) is 2.43. The number of rotatable bonds is 5. The number of nitrogens with zero attached hydrogens (tertiary/aromatic N) is 2. The zero-order valence-corrected chi connectivity index (χ0v) is 10.6. The summed E-state index contributed by atoms with van der Waals surface area (Å²) in [4.78, 5) is 11.5. The van der Waals surface area contributed by atoms with Crippen molar-refractivity contribution in [2.24, 2.45) is 0 Å². The Hall–Kier alpha value is -2.50. The van der Waals surface area contributed by atoms with Crippen LogP contribution in [0.25, 0.3) is 0 Å². The van der Waals surface area contributed by atoms with Gasteiger partial charge < -0.3 is 15.2 Å². The lowest BCUT2D eigenvalue weighted by atomic mass is 10.3. The van der Waals surface area contributed by atoms with E-state index in [4.69, 9.17) is 15.2 Å². The standard InChI is InChI=1S/C13H15N3O3/c1-18-12-6-7-13(17)16(15-12)8-9-19-11-4-2-10(14)3-5-11/h2-7H,8-9,14H2,1H3. The zero-order valence-electron chi connectivity index (χ0n) is 10.6. The molecule has 0 saturated carbocycles. The minimum absolute atomic E-state index is 0.193. The predicted molar refractivity (Wildman–Crippen MR) is 71.4 cm³/mol. The van der Waals surface area contributed by atoms with Gasteiger partial charge in [-0.15, -0.1) is 5.10 Å². The number of ether oxygens (including phenoxy) is 2. The van der Waals surface area contributed by atoms with Gasteiger partial charge in [0.15, 0.2) is 0 Å². The third kappa shape index (κ3) is 3.48. The molecule has 19 heavy (non-hydrogen) atoms. The van der Waals surface area contributed by atoms with Gasteiger partial charge in [0.05, 0.1) is 13.7 Å². The van der Waals surface area contributed by atoms with Crippen LogP contribution in [0.3, 0.4) is 0 Å². The molecule has 2 aromatic rings. The highest BCUT2D eigenvalue weighted by molar-refractivity contribution is 5.41. The molecule has 0 saturated heterocycles. The fourth-order valence-electron chi connectivity index (χ4n) is 1.51. The van der Waals surface area contributed by atoms with Crippen LogP contribution in [0, 0.1) is 0 Å². The van der Waals surface area contributed by atoms with Crippen molar-refractivity contribution < 1.29 is 9.47 Å². The van der Waals surface area contributed by atoms with Crippen LogP contribution in [-0.4, -0.2) is 23.5 Å². The monoisotopic (exact) mass is 261 g/mol. The van der Waals surface area contributed by atoms with E-state index in [9.17, 15) is 4.79 Å². The summed E-state index contributed by atoms with van der Waals surface area (Å²) in [7, 11) is 1.50. The molecule has 0 spiro atoms. The van der Waals surface area contributed by atoms with E-state index in [-0.39, 0.29) is 5.56 Å². The lowest BCUT2D eigenvalue weighted by Crippen LogP contribution is -2.25. The van der Waals surface area contributed by atoms with Crippen LogP contribution in [0.5, 0.6) is 11.6 Å². The molecule has 0 fully saturated rings. The summed E-state index contributed by atoms with van der Waals surface area (Å²) in [5.41, 5.74) is 6.06. The quantitative estimate of drug-likeness (QED) is 0.809. The van der Waals surface area contributed by atoms with Gasteiger partial charge >= 0.3 is 0 Å². The minimum Gasteiger partial charge on any atom is -0.492 e. The maximum Gasteiger partial charge on any atom is 0.267 e. The second-order valence-electron chi connectivity index (χ2n) is 3.85. The Labute approximate surface area is 110 Å². The van der Waals surface area contributed by atoms with Gasteiger partial charge in [-0.25, -0.2) is 4.68 Å². The summed E-state index contributed by atoms with van der Waals surface area (Å²) in [6, 6.07) is 10.00. The van der Waals surface area contributed by atoms with Crippen LogP contribution in [0.1, 0.15) is 0 Å². The summed E-state index contributed by atoms with van der Waals surface area (Å²) in [5, 5.41) is 4.02. The second-order valence-corrected chi connectivity index (χ2v) is 3.85. The van der Waals surface area contributed by atoms with Gasteiger partial charge in [0.1, 0.15) is 12.4 Å². The smallest absolute Gasteiger partial charge is 0.267 e. The van der Waals surface area contributed by atoms with Crippen LogP contribution >= 0.6 is 0 Å². The molecule has 0 aliphatic heterocycles. The van der Waals surface area contributed by atoms with Gasteiger partial charge in [-0.2, -0.15) is 0 Å². The third-order valence-corrected chi connectivity index (χ3v) is 2.50. The predicted octanol–water partition coefficient (Wildman–Crippen LogP) is 0.913. The molecule has 0 amide bonds. The summed E-state index contributed by atoms with van der Waals surface area (Å²) in [6.45, 7) is 0.685. The molecule has 6 nitrogen and oxygen atoms in total. The largest absolute Gasteiger partial charge is 0.492 e. The number of aromatic nitrogens is 2. The molecular weight excluding hydrogens is 246 g/mol. The van der Waals surface area contributed by atoms with E-state index < -0.39 is 0 Å². The molecule has 0 aliphatic rings. The molecular formula is C13H15N3O3. The Balaban J connectivity index is 1.95. The van der Waals surface area contributed by atoms with Crippen molar-refractivity contribution >= 4 is 5.69 Å². The molecule has 0 radical (unpaired) electrons. The van der Waals surface area contributed by atoms with E-state index in [0.717, 1.165) is 0 Å². The normalized spacial score (nSPS) is 10.2. The fraction of sp³-hybridized carbons (Fsp3) is 0.231. The minimum atomic E-state index is -0.193. The first-order chi connectivity index (χ1) is 9.19. The van der Waals surface area contributed by atoms with Gasteiger partial charge in [-0.05, 0) is 24.3 Å². The molecule has 0 atom stereocenters. The van der Waals surface area contributed by atoms with Crippen LogP contribution in [-0.2, 0) is 6.54 Å². The Morgan fingerprint density at radius 3 is 2.63 bits per heavy atom. The summed E-state index contributed by atoms with van der Waals surface area (Å²) in [5.74, 6) is 1.09. The van der Waals surface area contributed by atoms with Gasteiger partial charge in [-0.3, -0.25) is 4.79 Å².